The Morgan fingerprint density at radius 3 is 2.22 bits per heavy atom. The molecule has 0 radical (unpaired) electrons. The number of amides is 3. The van der Waals surface area contributed by atoms with Gasteiger partial charge in [-0.1, -0.05) is 6.92 Å². The van der Waals surface area contributed by atoms with E-state index in [1.165, 1.54) is 4.90 Å². The molecule has 0 bridgehead atoms. The number of carbonyl (C=O) groups is 3. The van der Waals surface area contributed by atoms with E-state index in [0.717, 1.165) is 6.42 Å². The fourth-order valence-electron chi connectivity index (χ4n) is 1.51. The molecule has 0 aromatic carbocycles. The zero-order valence-electron chi connectivity index (χ0n) is 11.0. The number of urea groups is 1. The molecule has 7 heteroatoms. The van der Waals surface area contributed by atoms with Crippen LogP contribution in [0.1, 0.15) is 33.6 Å². The standard InChI is InChI=1S/C11H21N3O4/c1-4-7(3)14(5-2)11(18)13-8(10(16)17)6-9(12)15/h7-8H,4-6H2,1-3H3,(H2,12,15)(H,13,18)(H,16,17). The first kappa shape index (κ1) is 16.2. The molecule has 104 valence electrons. The summed E-state index contributed by atoms with van der Waals surface area (Å²) in [7, 11) is 0. The van der Waals surface area contributed by atoms with Crippen LogP contribution in [0.25, 0.3) is 0 Å². The van der Waals surface area contributed by atoms with Crippen LogP contribution >= 0.6 is 0 Å². The minimum absolute atomic E-state index is 0.00183. The van der Waals surface area contributed by atoms with Gasteiger partial charge in [-0.15, -0.1) is 0 Å². The molecule has 0 saturated carbocycles. The first-order valence-electron chi connectivity index (χ1n) is 5.91. The average Bonchev–Trinajstić information content (AvgIpc) is 2.27. The minimum atomic E-state index is -1.28. The van der Waals surface area contributed by atoms with Gasteiger partial charge in [-0.25, -0.2) is 9.59 Å². The second-order valence-electron chi connectivity index (χ2n) is 4.05. The Hall–Kier alpha value is -1.79. The number of hydrogen-bond acceptors (Lipinski definition) is 3. The molecule has 0 aromatic heterocycles. The quantitative estimate of drug-likeness (QED) is 0.603. The van der Waals surface area contributed by atoms with Crippen LogP contribution in [0, 0.1) is 0 Å². The molecule has 0 aromatic rings. The summed E-state index contributed by atoms with van der Waals surface area (Å²) in [5.74, 6) is -2.04. The predicted molar refractivity (Wildman–Crippen MR) is 65.9 cm³/mol. The van der Waals surface area contributed by atoms with E-state index in [1.807, 2.05) is 13.8 Å². The highest BCUT2D eigenvalue weighted by molar-refractivity contribution is 5.87. The predicted octanol–water partition coefficient (Wildman–Crippen LogP) is 0.145. The second kappa shape index (κ2) is 7.52. The smallest absolute Gasteiger partial charge is 0.326 e. The maximum atomic E-state index is 11.9. The lowest BCUT2D eigenvalue weighted by Crippen LogP contribution is -2.51. The number of carboxylic acid groups (broad SMARTS) is 1. The molecule has 18 heavy (non-hydrogen) atoms. The number of carbonyl (C=O) groups excluding carboxylic acids is 2. The number of nitrogens with zero attached hydrogens (tertiary/aromatic N) is 1. The van der Waals surface area contributed by atoms with Crippen molar-refractivity contribution in [2.75, 3.05) is 6.54 Å². The molecular formula is C11H21N3O4. The Balaban J connectivity index is 4.66. The molecule has 0 aliphatic carbocycles. The Bertz CT molecular complexity index is 319. The molecule has 2 atom stereocenters. The topological polar surface area (TPSA) is 113 Å². The summed E-state index contributed by atoms with van der Waals surface area (Å²) in [5, 5.41) is 11.2. The van der Waals surface area contributed by atoms with E-state index < -0.39 is 30.4 Å². The number of carboxylic acids is 1. The number of rotatable bonds is 7. The molecule has 0 aliphatic heterocycles. The van der Waals surface area contributed by atoms with Crippen LogP contribution in [-0.4, -0.2) is 46.5 Å². The first-order chi connectivity index (χ1) is 8.33. The summed E-state index contributed by atoms with van der Waals surface area (Å²) in [6.45, 7) is 6.06. The molecule has 0 rings (SSSR count). The van der Waals surface area contributed by atoms with E-state index >= 15 is 0 Å². The summed E-state index contributed by atoms with van der Waals surface area (Å²) < 4.78 is 0. The SMILES string of the molecule is CCC(C)N(CC)C(=O)NC(CC(N)=O)C(=O)O. The molecule has 3 amide bonds. The number of aliphatic carboxylic acids is 1. The highest BCUT2D eigenvalue weighted by atomic mass is 16.4. The van der Waals surface area contributed by atoms with Gasteiger partial charge in [-0.2, -0.15) is 0 Å². The van der Waals surface area contributed by atoms with Gasteiger partial charge in [-0.3, -0.25) is 4.79 Å². The molecule has 4 N–H and O–H groups in total. The van der Waals surface area contributed by atoms with Crippen molar-refractivity contribution in [3.05, 3.63) is 0 Å². The van der Waals surface area contributed by atoms with Gasteiger partial charge in [0.2, 0.25) is 5.91 Å². The third kappa shape index (κ3) is 5.03. The second-order valence-corrected chi connectivity index (χ2v) is 4.05. The number of nitrogens with two attached hydrogens (primary N) is 1. The van der Waals surface area contributed by atoms with Gasteiger partial charge in [0.15, 0.2) is 0 Å². The van der Waals surface area contributed by atoms with Gasteiger partial charge in [-0.05, 0) is 20.3 Å². The lowest BCUT2D eigenvalue weighted by atomic mass is 10.2. The molecule has 0 fully saturated rings. The van der Waals surface area contributed by atoms with Crippen molar-refractivity contribution in [2.45, 2.75) is 45.7 Å². The third-order valence-corrected chi connectivity index (χ3v) is 2.73. The third-order valence-electron chi connectivity index (χ3n) is 2.73. The lowest BCUT2D eigenvalue weighted by molar-refractivity contribution is -0.141. The van der Waals surface area contributed by atoms with Crippen molar-refractivity contribution < 1.29 is 19.5 Å². The zero-order chi connectivity index (χ0) is 14.3. The summed E-state index contributed by atoms with van der Waals surface area (Å²) in [6.07, 6.45) is 0.341. The van der Waals surface area contributed by atoms with Crippen LogP contribution in [0.15, 0.2) is 0 Å². The van der Waals surface area contributed by atoms with Gasteiger partial charge in [0.1, 0.15) is 6.04 Å². The molecule has 7 nitrogen and oxygen atoms in total. The Morgan fingerprint density at radius 2 is 1.89 bits per heavy atom. The lowest BCUT2D eigenvalue weighted by Gasteiger charge is -2.28. The van der Waals surface area contributed by atoms with E-state index in [-0.39, 0.29) is 6.04 Å². The van der Waals surface area contributed by atoms with Gasteiger partial charge < -0.3 is 21.1 Å². The largest absolute Gasteiger partial charge is 0.480 e. The maximum Gasteiger partial charge on any atom is 0.326 e. The fourth-order valence-corrected chi connectivity index (χ4v) is 1.51. The van der Waals surface area contributed by atoms with Gasteiger partial charge >= 0.3 is 12.0 Å². The molecule has 0 heterocycles. The van der Waals surface area contributed by atoms with Crippen molar-refractivity contribution in [3.8, 4) is 0 Å². The number of hydrogen-bond donors (Lipinski definition) is 3. The zero-order valence-corrected chi connectivity index (χ0v) is 11.0. The van der Waals surface area contributed by atoms with Crippen LogP contribution in [0.4, 0.5) is 4.79 Å². The highest BCUT2D eigenvalue weighted by Crippen LogP contribution is 2.04. The van der Waals surface area contributed by atoms with E-state index in [9.17, 15) is 14.4 Å². The molecule has 0 spiro atoms. The normalized spacial score (nSPS) is 13.5. The van der Waals surface area contributed by atoms with E-state index in [0.29, 0.717) is 6.54 Å². The maximum absolute atomic E-state index is 11.9. The van der Waals surface area contributed by atoms with E-state index in [2.05, 4.69) is 5.32 Å². The van der Waals surface area contributed by atoms with Crippen LogP contribution in [0.2, 0.25) is 0 Å². The number of primary amides is 1. The average molecular weight is 259 g/mol. The highest BCUT2D eigenvalue weighted by Gasteiger charge is 2.25. The van der Waals surface area contributed by atoms with Crippen LogP contribution in [-0.2, 0) is 9.59 Å². The van der Waals surface area contributed by atoms with Gasteiger partial charge in [0.05, 0.1) is 6.42 Å². The number of nitrogens with one attached hydrogen (secondary N) is 1. The first-order valence-corrected chi connectivity index (χ1v) is 5.91. The monoisotopic (exact) mass is 259 g/mol. The Labute approximate surface area is 106 Å². The summed E-state index contributed by atoms with van der Waals surface area (Å²) >= 11 is 0. The van der Waals surface area contributed by atoms with Crippen molar-refractivity contribution in [2.24, 2.45) is 5.73 Å². The van der Waals surface area contributed by atoms with Gasteiger partial charge in [0, 0.05) is 12.6 Å². The fraction of sp³-hybridized carbons (Fsp3) is 0.727. The van der Waals surface area contributed by atoms with Crippen LogP contribution in [0.3, 0.4) is 0 Å². The minimum Gasteiger partial charge on any atom is -0.480 e. The summed E-state index contributed by atoms with van der Waals surface area (Å²) in [5.41, 5.74) is 4.93. The van der Waals surface area contributed by atoms with E-state index in [1.54, 1.807) is 6.92 Å². The van der Waals surface area contributed by atoms with Crippen LogP contribution < -0.4 is 11.1 Å². The Kier molecular flexibility index (Phi) is 6.77. The molecule has 0 saturated heterocycles. The van der Waals surface area contributed by atoms with Crippen molar-refractivity contribution >= 4 is 17.9 Å². The van der Waals surface area contributed by atoms with Gasteiger partial charge in [0.25, 0.3) is 0 Å². The molecule has 2 unspecified atom stereocenters. The van der Waals surface area contributed by atoms with Crippen molar-refractivity contribution in [1.29, 1.82) is 0 Å². The molecule has 0 aliphatic rings. The van der Waals surface area contributed by atoms with E-state index in [4.69, 9.17) is 10.8 Å². The van der Waals surface area contributed by atoms with Crippen molar-refractivity contribution in [3.63, 3.8) is 0 Å². The molecular weight excluding hydrogens is 238 g/mol. The summed E-state index contributed by atoms with van der Waals surface area (Å²) in [4.78, 5) is 35.0. The summed E-state index contributed by atoms with van der Waals surface area (Å²) in [6, 6.07) is -1.79. The van der Waals surface area contributed by atoms with Crippen molar-refractivity contribution in [1.82, 2.24) is 10.2 Å². The Morgan fingerprint density at radius 1 is 1.33 bits per heavy atom. The van der Waals surface area contributed by atoms with Crippen LogP contribution in [0.5, 0.6) is 0 Å².